The number of urea groups is 1. The van der Waals surface area contributed by atoms with E-state index < -0.39 is 5.54 Å². The van der Waals surface area contributed by atoms with Gasteiger partial charge in [-0.1, -0.05) is 37.3 Å². The van der Waals surface area contributed by atoms with E-state index in [-0.39, 0.29) is 11.9 Å². The fraction of sp³-hybridized carbons (Fsp3) is 0.467. The lowest BCUT2D eigenvalue weighted by atomic mass is 9.95. The number of nitrogens with zero attached hydrogens (tertiary/aromatic N) is 1. The highest BCUT2D eigenvalue weighted by Crippen LogP contribution is 2.32. The minimum absolute atomic E-state index is 0.184. The third-order valence-corrected chi connectivity index (χ3v) is 4.29. The van der Waals surface area contributed by atoms with Crippen LogP contribution in [0.2, 0.25) is 0 Å². The monoisotopic (exact) mass is 273 g/mol. The van der Waals surface area contributed by atoms with Crippen LogP contribution in [-0.2, 0) is 11.3 Å². The molecule has 2 N–H and O–H groups in total. The molecule has 0 radical (unpaired) electrons. The third kappa shape index (κ3) is 2.18. The van der Waals surface area contributed by atoms with E-state index in [9.17, 15) is 9.59 Å². The largest absolute Gasteiger partial charge is 0.322 e. The fourth-order valence-electron chi connectivity index (χ4n) is 3.26. The third-order valence-electron chi connectivity index (χ3n) is 4.29. The van der Waals surface area contributed by atoms with Gasteiger partial charge in [-0.3, -0.25) is 15.0 Å². The summed E-state index contributed by atoms with van der Waals surface area (Å²) in [5, 5.41) is 5.18. The Kier molecular flexibility index (Phi) is 3.22. The number of benzene rings is 1. The molecule has 5 heteroatoms. The van der Waals surface area contributed by atoms with Gasteiger partial charge in [0.05, 0.1) is 0 Å². The molecule has 2 saturated heterocycles. The van der Waals surface area contributed by atoms with Gasteiger partial charge in [-0.05, 0) is 18.4 Å². The Labute approximate surface area is 118 Å². The summed E-state index contributed by atoms with van der Waals surface area (Å²) < 4.78 is 0. The second kappa shape index (κ2) is 4.90. The number of nitrogens with one attached hydrogen (secondary N) is 2. The van der Waals surface area contributed by atoms with E-state index in [4.69, 9.17) is 0 Å². The number of hydrogen-bond acceptors (Lipinski definition) is 3. The molecule has 2 heterocycles. The first kappa shape index (κ1) is 13.1. The van der Waals surface area contributed by atoms with Crippen LogP contribution in [-0.4, -0.2) is 35.0 Å². The zero-order valence-electron chi connectivity index (χ0n) is 11.6. The molecule has 2 atom stereocenters. The van der Waals surface area contributed by atoms with Crippen molar-refractivity contribution < 1.29 is 9.59 Å². The lowest BCUT2D eigenvalue weighted by molar-refractivity contribution is -0.123. The van der Waals surface area contributed by atoms with Crippen molar-refractivity contribution in [1.29, 1.82) is 0 Å². The topological polar surface area (TPSA) is 61.4 Å². The summed E-state index contributed by atoms with van der Waals surface area (Å²) in [6.07, 6.45) is 1.66. The maximum atomic E-state index is 12.0. The number of imide groups is 1. The predicted octanol–water partition coefficient (Wildman–Crippen LogP) is 1.25. The van der Waals surface area contributed by atoms with Crippen molar-refractivity contribution in [3.63, 3.8) is 0 Å². The predicted molar refractivity (Wildman–Crippen MR) is 75.0 cm³/mol. The molecule has 0 unspecified atom stereocenters. The first-order valence-electron chi connectivity index (χ1n) is 7.04. The van der Waals surface area contributed by atoms with Crippen LogP contribution in [0.4, 0.5) is 4.79 Å². The average molecular weight is 273 g/mol. The Hall–Kier alpha value is -1.88. The second-order valence-electron chi connectivity index (χ2n) is 5.65. The van der Waals surface area contributed by atoms with E-state index in [1.54, 1.807) is 0 Å². The van der Waals surface area contributed by atoms with E-state index >= 15 is 0 Å². The number of carbonyl (C=O) groups is 2. The number of rotatable bonds is 3. The fourth-order valence-corrected chi connectivity index (χ4v) is 3.26. The summed E-state index contributed by atoms with van der Waals surface area (Å²) in [5.41, 5.74) is 0.500. The molecule has 2 fully saturated rings. The molecule has 0 bridgehead atoms. The van der Waals surface area contributed by atoms with Crippen molar-refractivity contribution in [1.82, 2.24) is 15.5 Å². The lowest BCUT2D eigenvalue weighted by Crippen LogP contribution is -2.48. The molecule has 0 saturated carbocycles. The van der Waals surface area contributed by atoms with Crippen molar-refractivity contribution in [2.75, 3.05) is 6.54 Å². The molecule has 2 aliphatic rings. The standard InChI is InChI=1S/C15H19N3O2/c1-2-12-8-15(13(19)16-14(20)17-15)10-18(12)9-11-6-4-3-5-7-11/h3-7,12H,2,8-10H2,1H3,(H2,16,17,19,20)/t12-,15+/m1/s1. The van der Waals surface area contributed by atoms with E-state index in [1.165, 1.54) is 5.56 Å². The molecule has 1 aromatic carbocycles. The van der Waals surface area contributed by atoms with Gasteiger partial charge < -0.3 is 5.32 Å². The molecule has 2 aliphatic heterocycles. The van der Waals surface area contributed by atoms with Gasteiger partial charge in [0.25, 0.3) is 5.91 Å². The van der Waals surface area contributed by atoms with Crippen LogP contribution in [0.5, 0.6) is 0 Å². The van der Waals surface area contributed by atoms with E-state index in [1.807, 2.05) is 18.2 Å². The molecule has 106 valence electrons. The molecule has 0 aromatic heterocycles. The minimum Gasteiger partial charge on any atom is -0.322 e. The summed E-state index contributed by atoms with van der Waals surface area (Å²) in [6, 6.07) is 10.2. The molecular formula is C15H19N3O2. The van der Waals surface area contributed by atoms with Crippen LogP contribution in [0.15, 0.2) is 30.3 Å². The minimum atomic E-state index is -0.730. The molecule has 20 heavy (non-hydrogen) atoms. The smallest absolute Gasteiger partial charge is 0.322 e. The van der Waals surface area contributed by atoms with Gasteiger partial charge in [0.2, 0.25) is 0 Å². The number of hydrogen-bond donors (Lipinski definition) is 2. The van der Waals surface area contributed by atoms with Gasteiger partial charge in [0.1, 0.15) is 5.54 Å². The van der Waals surface area contributed by atoms with Crippen molar-refractivity contribution >= 4 is 11.9 Å². The van der Waals surface area contributed by atoms with Crippen LogP contribution >= 0.6 is 0 Å². The molecule has 1 aromatic rings. The highest BCUT2D eigenvalue weighted by Gasteiger charge is 2.53. The highest BCUT2D eigenvalue weighted by molar-refractivity contribution is 6.07. The van der Waals surface area contributed by atoms with Gasteiger partial charge in [0, 0.05) is 19.1 Å². The Balaban J connectivity index is 1.78. The Morgan fingerprint density at radius 3 is 2.65 bits per heavy atom. The van der Waals surface area contributed by atoms with Crippen molar-refractivity contribution in [3.05, 3.63) is 35.9 Å². The zero-order chi connectivity index (χ0) is 14.2. The maximum absolute atomic E-state index is 12.0. The van der Waals surface area contributed by atoms with Crippen LogP contribution in [0.25, 0.3) is 0 Å². The molecule has 3 rings (SSSR count). The number of carbonyl (C=O) groups excluding carboxylic acids is 2. The summed E-state index contributed by atoms with van der Waals surface area (Å²) in [6.45, 7) is 3.51. The Bertz CT molecular complexity index is 531. The van der Waals surface area contributed by atoms with Gasteiger partial charge in [0.15, 0.2) is 0 Å². The van der Waals surface area contributed by atoms with Crippen LogP contribution < -0.4 is 10.6 Å². The molecule has 5 nitrogen and oxygen atoms in total. The van der Waals surface area contributed by atoms with Crippen LogP contribution in [0.1, 0.15) is 25.3 Å². The number of amides is 3. The summed E-state index contributed by atoms with van der Waals surface area (Å²) in [7, 11) is 0. The Morgan fingerprint density at radius 1 is 1.30 bits per heavy atom. The Morgan fingerprint density at radius 2 is 2.05 bits per heavy atom. The van der Waals surface area contributed by atoms with Gasteiger partial charge >= 0.3 is 6.03 Å². The molecular weight excluding hydrogens is 254 g/mol. The molecule has 1 spiro atoms. The first-order valence-corrected chi connectivity index (χ1v) is 7.04. The first-order chi connectivity index (χ1) is 9.63. The van der Waals surface area contributed by atoms with Crippen molar-refractivity contribution in [2.24, 2.45) is 0 Å². The average Bonchev–Trinajstić information content (AvgIpc) is 2.91. The molecule has 3 amide bonds. The van der Waals surface area contributed by atoms with E-state index in [0.717, 1.165) is 13.0 Å². The second-order valence-corrected chi connectivity index (χ2v) is 5.65. The van der Waals surface area contributed by atoms with Crippen molar-refractivity contribution in [2.45, 2.75) is 37.9 Å². The van der Waals surface area contributed by atoms with E-state index in [0.29, 0.717) is 19.0 Å². The van der Waals surface area contributed by atoms with Gasteiger partial charge in [-0.15, -0.1) is 0 Å². The highest BCUT2D eigenvalue weighted by atomic mass is 16.2. The maximum Gasteiger partial charge on any atom is 0.322 e. The number of likely N-dealkylation sites (tertiary alicyclic amines) is 1. The van der Waals surface area contributed by atoms with Crippen LogP contribution in [0, 0.1) is 0 Å². The summed E-state index contributed by atoms with van der Waals surface area (Å²) in [5.74, 6) is -0.184. The summed E-state index contributed by atoms with van der Waals surface area (Å²) in [4.78, 5) is 25.8. The van der Waals surface area contributed by atoms with Gasteiger partial charge in [-0.2, -0.15) is 0 Å². The SMILES string of the molecule is CC[C@@H]1C[C@@]2(CN1Cc1ccccc1)NC(=O)NC2=O. The van der Waals surface area contributed by atoms with Crippen LogP contribution in [0.3, 0.4) is 0 Å². The molecule has 0 aliphatic carbocycles. The zero-order valence-corrected chi connectivity index (χ0v) is 11.6. The van der Waals surface area contributed by atoms with Gasteiger partial charge in [-0.25, -0.2) is 4.79 Å². The summed E-state index contributed by atoms with van der Waals surface area (Å²) >= 11 is 0. The lowest BCUT2D eigenvalue weighted by Gasteiger charge is -2.23. The quantitative estimate of drug-likeness (QED) is 0.815. The van der Waals surface area contributed by atoms with E-state index in [2.05, 4.69) is 34.6 Å². The normalized spacial score (nSPS) is 29.8. The van der Waals surface area contributed by atoms with Crippen molar-refractivity contribution in [3.8, 4) is 0 Å².